The molecule has 0 unspecified atom stereocenters. The lowest BCUT2D eigenvalue weighted by molar-refractivity contribution is 0.0594. The highest BCUT2D eigenvalue weighted by molar-refractivity contribution is 9.10. The highest BCUT2D eigenvalue weighted by atomic mass is 79.9. The molecule has 0 bridgehead atoms. The molecule has 0 amide bonds. The minimum atomic E-state index is -0.495. The summed E-state index contributed by atoms with van der Waals surface area (Å²) in [6.07, 6.45) is 0. The number of hydrogen-bond donors (Lipinski definition) is 1. The molecular weight excluding hydrogens is 291 g/mol. The molecule has 1 N–H and O–H groups in total. The van der Waals surface area contributed by atoms with Gasteiger partial charge < -0.3 is 4.74 Å². The standard InChI is InChI=1S/C11H8BrFN2O2/c1-17-11(16)10-5-9(14-15-10)6-2-3-8(13)7(12)4-6/h2-5H,1H3,(H,14,15). The van der Waals surface area contributed by atoms with Gasteiger partial charge in [-0.05, 0) is 40.2 Å². The summed E-state index contributed by atoms with van der Waals surface area (Å²) >= 11 is 3.09. The van der Waals surface area contributed by atoms with Gasteiger partial charge in [0.25, 0.3) is 0 Å². The van der Waals surface area contributed by atoms with Crippen molar-refractivity contribution in [3.63, 3.8) is 0 Å². The third kappa shape index (κ3) is 2.36. The second-order valence-corrected chi connectivity index (χ2v) is 4.14. The van der Waals surface area contributed by atoms with Gasteiger partial charge in [0.2, 0.25) is 0 Å². The minimum Gasteiger partial charge on any atom is -0.464 e. The van der Waals surface area contributed by atoms with Gasteiger partial charge >= 0.3 is 5.97 Å². The second-order valence-electron chi connectivity index (χ2n) is 3.29. The lowest BCUT2D eigenvalue weighted by Gasteiger charge is -1.98. The smallest absolute Gasteiger partial charge is 0.356 e. The molecule has 1 heterocycles. The Hall–Kier alpha value is -1.69. The zero-order chi connectivity index (χ0) is 12.4. The summed E-state index contributed by atoms with van der Waals surface area (Å²) in [6, 6.07) is 6.04. The van der Waals surface area contributed by atoms with Gasteiger partial charge in [-0.25, -0.2) is 9.18 Å². The van der Waals surface area contributed by atoms with Crippen molar-refractivity contribution in [1.29, 1.82) is 0 Å². The first-order valence-electron chi connectivity index (χ1n) is 4.71. The number of nitrogens with zero attached hydrogens (tertiary/aromatic N) is 1. The van der Waals surface area contributed by atoms with Crippen LogP contribution in [0.2, 0.25) is 0 Å². The predicted molar refractivity (Wildman–Crippen MR) is 63.0 cm³/mol. The van der Waals surface area contributed by atoms with E-state index >= 15 is 0 Å². The predicted octanol–water partition coefficient (Wildman–Crippen LogP) is 2.76. The summed E-state index contributed by atoms with van der Waals surface area (Å²) in [6.45, 7) is 0. The van der Waals surface area contributed by atoms with Crippen molar-refractivity contribution in [3.8, 4) is 11.3 Å². The number of carbonyl (C=O) groups excluding carboxylic acids is 1. The fraction of sp³-hybridized carbons (Fsp3) is 0.0909. The Kier molecular flexibility index (Phi) is 3.23. The molecule has 17 heavy (non-hydrogen) atoms. The second kappa shape index (κ2) is 4.67. The first kappa shape index (κ1) is 11.8. The summed E-state index contributed by atoms with van der Waals surface area (Å²) in [5, 5.41) is 6.51. The number of methoxy groups -OCH3 is 1. The molecule has 0 saturated heterocycles. The molecule has 0 aliphatic heterocycles. The molecule has 1 aromatic carbocycles. The Morgan fingerprint density at radius 3 is 2.88 bits per heavy atom. The van der Waals surface area contributed by atoms with Crippen LogP contribution in [-0.4, -0.2) is 23.3 Å². The van der Waals surface area contributed by atoms with E-state index in [0.29, 0.717) is 15.7 Å². The third-order valence-electron chi connectivity index (χ3n) is 2.20. The van der Waals surface area contributed by atoms with Crippen molar-refractivity contribution >= 4 is 21.9 Å². The van der Waals surface area contributed by atoms with Crippen molar-refractivity contribution < 1.29 is 13.9 Å². The van der Waals surface area contributed by atoms with E-state index in [-0.39, 0.29) is 11.5 Å². The van der Waals surface area contributed by atoms with E-state index in [0.717, 1.165) is 0 Å². The molecule has 0 atom stereocenters. The number of rotatable bonds is 2. The molecule has 0 fully saturated rings. The number of benzene rings is 1. The molecule has 6 heteroatoms. The Morgan fingerprint density at radius 1 is 1.47 bits per heavy atom. The molecule has 88 valence electrons. The normalized spacial score (nSPS) is 10.3. The van der Waals surface area contributed by atoms with Crippen LogP contribution in [0, 0.1) is 5.82 Å². The fourth-order valence-corrected chi connectivity index (χ4v) is 1.72. The quantitative estimate of drug-likeness (QED) is 0.868. The average molecular weight is 299 g/mol. The van der Waals surface area contributed by atoms with Gasteiger partial charge in [0.1, 0.15) is 11.5 Å². The number of esters is 1. The molecule has 0 radical (unpaired) electrons. The van der Waals surface area contributed by atoms with E-state index in [4.69, 9.17) is 0 Å². The zero-order valence-corrected chi connectivity index (χ0v) is 10.4. The Bertz CT molecular complexity index is 568. The minimum absolute atomic E-state index is 0.253. The summed E-state index contributed by atoms with van der Waals surface area (Å²) < 4.78 is 17.9. The molecule has 0 aliphatic rings. The number of ether oxygens (including phenoxy) is 1. The van der Waals surface area contributed by atoms with E-state index in [9.17, 15) is 9.18 Å². The van der Waals surface area contributed by atoms with E-state index in [1.165, 1.54) is 13.2 Å². The average Bonchev–Trinajstić information content (AvgIpc) is 2.81. The molecule has 0 aliphatic carbocycles. The van der Waals surface area contributed by atoms with Crippen molar-refractivity contribution in [2.24, 2.45) is 0 Å². The van der Waals surface area contributed by atoms with E-state index in [1.54, 1.807) is 18.2 Å². The molecule has 4 nitrogen and oxygen atoms in total. The summed E-state index contributed by atoms with van der Waals surface area (Å²) in [5.74, 6) is -0.845. The van der Waals surface area contributed by atoms with Gasteiger partial charge in [0.15, 0.2) is 0 Å². The highest BCUT2D eigenvalue weighted by Crippen LogP contribution is 2.24. The van der Waals surface area contributed by atoms with Crippen LogP contribution in [0.25, 0.3) is 11.3 Å². The van der Waals surface area contributed by atoms with Gasteiger partial charge in [0.05, 0.1) is 17.3 Å². The van der Waals surface area contributed by atoms with Crippen LogP contribution in [0.15, 0.2) is 28.7 Å². The van der Waals surface area contributed by atoms with Gasteiger partial charge in [0, 0.05) is 5.56 Å². The monoisotopic (exact) mass is 298 g/mol. The van der Waals surface area contributed by atoms with Gasteiger partial charge in [-0.2, -0.15) is 5.10 Å². The third-order valence-corrected chi connectivity index (χ3v) is 2.81. The van der Waals surface area contributed by atoms with Crippen LogP contribution >= 0.6 is 15.9 Å². The number of nitrogens with one attached hydrogen (secondary N) is 1. The number of hydrogen-bond acceptors (Lipinski definition) is 3. The maximum absolute atomic E-state index is 13.1. The maximum atomic E-state index is 13.1. The summed E-state index contributed by atoms with van der Waals surface area (Å²) in [7, 11) is 1.29. The molecule has 2 rings (SSSR count). The van der Waals surface area contributed by atoms with Gasteiger partial charge in [-0.3, -0.25) is 5.10 Å². The maximum Gasteiger partial charge on any atom is 0.356 e. The fourth-order valence-electron chi connectivity index (χ4n) is 1.34. The van der Waals surface area contributed by atoms with Crippen molar-refractivity contribution in [1.82, 2.24) is 10.2 Å². The topological polar surface area (TPSA) is 55.0 Å². The summed E-state index contributed by atoms with van der Waals surface area (Å²) in [4.78, 5) is 11.2. The Balaban J connectivity index is 2.37. The van der Waals surface area contributed by atoms with Crippen LogP contribution in [0.5, 0.6) is 0 Å². The van der Waals surface area contributed by atoms with Gasteiger partial charge in [-0.15, -0.1) is 0 Å². The Labute approximate surface area is 105 Å². The lowest BCUT2D eigenvalue weighted by Crippen LogP contribution is -2.00. The van der Waals surface area contributed by atoms with E-state index in [2.05, 4.69) is 30.9 Å². The van der Waals surface area contributed by atoms with Crippen LogP contribution < -0.4 is 0 Å². The number of halogens is 2. The lowest BCUT2D eigenvalue weighted by atomic mass is 10.1. The first-order chi connectivity index (χ1) is 8.11. The van der Waals surface area contributed by atoms with E-state index < -0.39 is 5.97 Å². The van der Waals surface area contributed by atoms with E-state index in [1.807, 2.05) is 0 Å². The number of aromatic nitrogens is 2. The van der Waals surface area contributed by atoms with Crippen LogP contribution in [0.1, 0.15) is 10.5 Å². The number of carbonyl (C=O) groups is 1. The van der Waals surface area contributed by atoms with Crippen molar-refractivity contribution in [2.45, 2.75) is 0 Å². The molecule has 2 aromatic rings. The SMILES string of the molecule is COC(=O)c1cc(-c2ccc(F)c(Br)c2)n[nH]1. The van der Waals surface area contributed by atoms with Crippen LogP contribution in [0.4, 0.5) is 4.39 Å². The molecule has 0 spiro atoms. The molecule has 1 aromatic heterocycles. The van der Waals surface area contributed by atoms with Crippen molar-refractivity contribution in [2.75, 3.05) is 7.11 Å². The number of H-pyrrole nitrogens is 1. The summed E-state index contributed by atoms with van der Waals surface area (Å²) in [5.41, 5.74) is 1.50. The van der Waals surface area contributed by atoms with Crippen molar-refractivity contribution in [3.05, 3.63) is 40.2 Å². The largest absolute Gasteiger partial charge is 0.464 e. The molecule has 0 saturated carbocycles. The number of aromatic amines is 1. The first-order valence-corrected chi connectivity index (χ1v) is 5.50. The molecular formula is C11H8BrFN2O2. The van der Waals surface area contributed by atoms with Gasteiger partial charge in [-0.1, -0.05) is 0 Å². The van der Waals surface area contributed by atoms with Crippen LogP contribution in [0.3, 0.4) is 0 Å². The highest BCUT2D eigenvalue weighted by Gasteiger charge is 2.11. The van der Waals surface area contributed by atoms with Crippen LogP contribution in [-0.2, 0) is 4.74 Å². The zero-order valence-electron chi connectivity index (χ0n) is 8.83. The Morgan fingerprint density at radius 2 is 2.24 bits per heavy atom.